The van der Waals surface area contributed by atoms with E-state index in [0.29, 0.717) is 0 Å². The van der Waals surface area contributed by atoms with Crippen LogP contribution in [0.5, 0.6) is 0 Å². The molecule has 1 aliphatic rings. The highest BCUT2D eigenvalue weighted by Crippen LogP contribution is 2.68. The molecule has 0 aromatic carbocycles. The van der Waals surface area contributed by atoms with E-state index in [2.05, 4.69) is 16.3 Å². The van der Waals surface area contributed by atoms with Crippen LogP contribution in [0.2, 0.25) is 0 Å². The molecule has 1 heterocycles. The molecule has 1 saturated heterocycles. The van der Waals surface area contributed by atoms with Crippen LogP contribution in [0.15, 0.2) is 0 Å². The van der Waals surface area contributed by atoms with Crippen LogP contribution in [-0.2, 0) is 4.74 Å². The van der Waals surface area contributed by atoms with Crippen molar-refractivity contribution in [2.24, 2.45) is 0 Å². The number of alkyl halides is 10. The molecule has 3 atom stereocenters. The maximum absolute atomic E-state index is 13.8. The van der Waals surface area contributed by atoms with Gasteiger partial charge in [-0.1, -0.05) is 0 Å². The summed E-state index contributed by atoms with van der Waals surface area (Å²) in [7, 11) is 0. The lowest BCUT2D eigenvalue weighted by Crippen LogP contribution is -2.69. The van der Waals surface area contributed by atoms with Gasteiger partial charge in [0.2, 0.25) is 0 Å². The summed E-state index contributed by atoms with van der Waals surface area (Å²) < 4.78 is 122. The lowest BCUT2D eigenvalue weighted by atomic mass is 9.83. The number of hydrogen-bond acceptors (Lipinski definition) is 1. The highest BCUT2D eigenvalue weighted by molar-refractivity contribution is 6.22. The molecule has 0 amide bonds. The Morgan fingerprint density at radius 3 is 1.42 bits per heavy atom. The predicted molar refractivity (Wildman–Crippen MR) is 44.6 cm³/mol. The molecule has 1 nitrogen and oxygen atoms in total. The van der Waals surface area contributed by atoms with Crippen LogP contribution in [0.25, 0.3) is 0 Å². The Labute approximate surface area is 105 Å². The number of hydrogen-bond donors (Lipinski definition) is 0. The lowest BCUT2D eigenvalue weighted by Gasteiger charge is -2.39. The Kier molecular flexibility index (Phi) is 3.19. The summed E-state index contributed by atoms with van der Waals surface area (Å²) in [5, 5.41) is -5.20. The second-order valence-corrected chi connectivity index (χ2v) is 4.71. The summed E-state index contributed by atoms with van der Waals surface area (Å²) in [6, 6.07) is 0. The van der Waals surface area contributed by atoms with E-state index < -0.39 is 48.5 Å². The van der Waals surface area contributed by atoms with Crippen LogP contribution >= 0.6 is 11.6 Å². The first-order valence-electron chi connectivity index (χ1n) is 4.55. The molecular formula is C8H6ClF9O. The van der Waals surface area contributed by atoms with Crippen molar-refractivity contribution in [3.8, 4) is 0 Å². The van der Waals surface area contributed by atoms with E-state index in [1.165, 1.54) is 0 Å². The third-order valence-electron chi connectivity index (χ3n) is 2.68. The van der Waals surface area contributed by atoms with Crippen LogP contribution < -0.4 is 0 Å². The van der Waals surface area contributed by atoms with Crippen molar-refractivity contribution in [2.45, 2.75) is 48.5 Å². The molecule has 114 valence electrons. The van der Waals surface area contributed by atoms with Gasteiger partial charge in [-0.3, -0.25) is 4.74 Å². The second kappa shape index (κ2) is 3.63. The molecular weight excluding hydrogens is 319 g/mol. The molecule has 1 fully saturated rings. The zero-order chi connectivity index (χ0) is 15.7. The van der Waals surface area contributed by atoms with Crippen LogP contribution in [0.4, 0.5) is 39.5 Å². The predicted octanol–water partition coefficient (Wildman–Crippen LogP) is 4.20. The monoisotopic (exact) mass is 324 g/mol. The minimum atomic E-state index is -6.08. The molecule has 0 radical (unpaired) electrons. The highest BCUT2D eigenvalue weighted by Gasteiger charge is 2.96. The van der Waals surface area contributed by atoms with E-state index >= 15 is 0 Å². The summed E-state index contributed by atoms with van der Waals surface area (Å²) in [5.41, 5.74) is -6.01. The zero-order valence-corrected chi connectivity index (χ0v) is 9.94. The normalized spacial score (nSPS) is 43.6. The first-order chi connectivity index (χ1) is 7.96. The van der Waals surface area contributed by atoms with Gasteiger partial charge in [0.05, 0.1) is 0 Å². The zero-order valence-electron chi connectivity index (χ0n) is 9.19. The summed E-state index contributed by atoms with van der Waals surface area (Å²) in [6.45, 7) is -1.15. The Bertz CT molecular complexity index is 387. The molecule has 0 bridgehead atoms. The van der Waals surface area contributed by atoms with Crippen molar-refractivity contribution in [3.63, 3.8) is 0 Å². The Balaban J connectivity index is 3.69. The molecule has 0 saturated carbocycles. The van der Waals surface area contributed by atoms with Crippen LogP contribution in [0.1, 0.15) is 13.8 Å². The second-order valence-electron chi connectivity index (χ2n) is 4.22. The van der Waals surface area contributed by atoms with Gasteiger partial charge in [-0.25, -0.2) is 26.3 Å². The van der Waals surface area contributed by atoms with Gasteiger partial charge in [-0.05, 0) is 11.6 Å². The van der Waals surface area contributed by atoms with Gasteiger partial charge < -0.3 is 0 Å². The number of ether oxygens (including phenoxy) is 1. The van der Waals surface area contributed by atoms with Gasteiger partial charge >= 0.3 is 28.7 Å². The van der Waals surface area contributed by atoms with Crippen LogP contribution in [-0.4, -0.2) is 34.6 Å². The molecule has 3 unspecified atom stereocenters. The summed E-state index contributed by atoms with van der Waals surface area (Å²) in [6.07, 6.45) is 0. The van der Waals surface area contributed by atoms with Crippen molar-refractivity contribution < 1.29 is 44.3 Å². The minimum absolute atomic E-state index is 0.526. The fraction of sp³-hybridized carbons (Fsp3) is 1.00. The Morgan fingerprint density at radius 1 is 0.842 bits per heavy atom. The highest BCUT2D eigenvalue weighted by atomic mass is 35.5. The van der Waals surface area contributed by atoms with E-state index in [4.69, 9.17) is 0 Å². The molecule has 0 aromatic rings. The topological polar surface area (TPSA) is 9.23 Å². The maximum atomic E-state index is 13.8. The standard InChI is InChI=1S/C8H6ClF9O/c1-3(10,11)5(14)6(15,16)8(9,18)19-7(5,17)4(2,12)13/h1-2H3. The maximum Gasteiger partial charge on any atom is 0.365 e. The van der Waals surface area contributed by atoms with Gasteiger partial charge in [0.15, 0.2) is 0 Å². The van der Waals surface area contributed by atoms with Crippen LogP contribution in [0, 0.1) is 0 Å². The molecule has 0 spiro atoms. The van der Waals surface area contributed by atoms with Gasteiger partial charge in [-0.15, -0.1) is 0 Å². The molecule has 11 heteroatoms. The van der Waals surface area contributed by atoms with Crippen molar-refractivity contribution >= 4 is 11.6 Å². The molecule has 19 heavy (non-hydrogen) atoms. The molecule has 1 aliphatic heterocycles. The summed E-state index contributed by atoms with van der Waals surface area (Å²) in [5.74, 6) is -22.4. The van der Waals surface area contributed by atoms with Crippen molar-refractivity contribution in [1.29, 1.82) is 0 Å². The van der Waals surface area contributed by atoms with Crippen molar-refractivity contribution in [1.82, 2.24) is 0 Å². The third-order valence-corrected chi connectivity index (χ3v) is 2.99. The summed E-state index contributed by atoms with van der Waals surface area (Å²) in [4.78, 5) is 0. The van der Waals surface area contributed by atoms with E-state index in [-0.39, 0.29) is 0 Å². The van der Waals surface area contributed by atoms with E-state index in [9.17, 15) is 39.5 Å². The fourth-order valence-electron chi connectivity index (χ4n) is 1.66. The molecule has 0 aromatic heterocycles. The van der Waals surface area contributed by atoms with Gasteiger partial charge in [-0.2, -0.15) is 13.2 Å². The first kappa shape index (κ1) is 16.7. The Morgan fingerprint density at radius 2 is 1.21 bits per heavy atom. The average Bonchev–Trinajstić information content (AvgIpc) is 2.20. The van der Waals surface area contributed by atoms with Crippen molar-refractivity contribution in [3.05, 3.63) is 0 Å². The molecule has 1 rings (SSSR count). The molecule has 0 N–H and O–H groups in total. The lowest BCUT2D eigenvalue weighted by molar-refractivity contribution is -0.350. The van der Waals surface area contributed by atoms with E-state index in [1.54, 1.807) is 0 Å². The molecule has 0 aliphatic carbocycles. The largest absolute Gasteiger partial charge is 0.365 e. The SMILES string of the molecule is CC(F)(F)C1(F)OC(F)(Cl)C(F)(F)C1(F)C(C)(F)F. The third kappa shape index (κ3) is 1.68. The van der Waals surface area contributed by atoms with Gasteiger partial charge in [0.1, 0.15) is 0 Å². The first-order valence-corrected chi connectivity index (χ1v) is 4.93. The quantitative estimate of drug-likeness (QED) is 0.546. The minimum Gasteiger partial charge on any atom is -0.283 e. The average molecular weight is 325 g/mol. The van der Waals surface area contributed by atoms with Crippen LogP contribution in [0.3, 0.4) is 0 Å². The van der Waals surface area contributed by atoms with E-state index in [1.807, 2.05) is 0 Å². The number of halogens is 10. The fourth-order valence-corrected chi connectivity index (χ4v) is 1.90. The smallest absolute Gasteiger partial charge is 0.283 e. The summed E-state index contributed by atoms with van der Waals surface area (Å²) >= 11 is 4.25. The van der Waals surface area contributed by atoms with Crippen molar-refractivity contribution in [2.75, 3.05) is 0 Å². The van der Waals surface area contributed by atoms with E-state index in [0.717, 1.165) is 0 Å². The Hall–Kier alpha value is -0.380. The number of rotatable bonds is 2. The van der Waals surface area contributed by atoms with Gasteiger partial charge in [0.25, 0.3) is 5.92 Å². The van der Waals surface area contributed by atoms with Gasteiger partial charge in [0, 0.05) is 13.8 Å².